The second-order valence-electron chi connectivity index (χ2n) is 5.30. The number of nitrogens with zero attached hydrogens (tertiary/aromatic N) is 1. The van der Waals surface area contributed by atoms with Gasteiger partial charge >= 0.3 is 6.18 Å². The molecule has 0 aliphatic rings. The molecule has 0 aliphatic carbocycles. The molecular weight excluding hydrogens is 265 g/mol. The van der Waals surface area contributed by atoms with Crippen LogP contribution in [0.15, 0.2) is 30.5 Å². The van der Waals surface area contributed by atoms with Crippen LogP contribution in [0.3, 0.4) is 0 Å². The molecule has 0 amide bonds. The molecule has 110 valence electrons. The summed E-state index contributed by atoms with van der Waals surface area (Å²) in [6, 6.07) is 8.03. The zero-order chi connectivity index (χ0) is 14.8. The van der Waals surface area contributed by atoms with Gasteiger partial charge in [-0.25, -0.2) is 0 Å². The average molecular weight is 284 g/mol. The molecule has 0 saturated carbocycles. The van der Waals surface area contributed by atoms with Gasteiger partial charge < -0.3 is 10.3 Å². The fraction of sp³-hybridized carbons (Fsp3) is 0.467. The molecule has 5 heteroatoms. The molecule has 20 heavy (non-hydrogen) atoms. The van der Waals surface area contributed by atoms with Crippen molar-refractivity contribution < 1.29 is 13.2 Å². The van der Waals surface area contributed by atoms with Crippen molar-refractivity contribution in [2.45, 2.75) is 44.9 Å². The summed E-state index contributed by atoms with van der Waals surface area (Å²) < 4.78 is 38.4. The summed E-state index contributed by atoms with van der Waals surface area (Å²) in [4.78, 5) is 0. The van der Waals surface area contributed by atoms with Crippen LogP contribution in [0.5, 0.6) is 0 Å². The van der Waals surface area contributed by atoms with Gasteiger partial charge in [0.15, 0.2) is 0 Å². The Kier molecular flexibility index (Phi) is 4.38. The maximum Gasteiger partial charge on any atom is 0.389 e. The lowest BCUT2D eigenvalue weighted by Gasteiger charge is -2.10. The van der Waals surface area contributed by atoms with Crippen molar-refractivity contribution in [3.05, 3.63) is 36.0 Å². The quantitative estimate of drug-likeness (QED) is 0.887. The van der Waals surface area contributed by atoms with E-state index in [9.17, 15) is 13.2 Å². The van der Waals surface area contributed by atoms with E-state index in [-0.39, 0.29) is 12.5 Å². The van der Waals surface area contributed by atoms with Gasteiger partial charge in [0.05, 0.1) is 0 Å². The van der Waals surface area contributed by atoms with Crippen molar-refractivity contribution in [2.75, 3.05) is 0 Å². The Bertz CT molecular complexity index is 570. The Morgan fingerprint density at radius 2 is 2.00 bits per heavy atom. The molecule has 2 N–H and O–H groups in total. The smallest absolute Gasteiger partial charge is 0.347 e. The number of hydrogen-bond donors (Lipinski definition) is 1. The molecule has 1 unspecified atom stereocenters. The van der Waals surface area contributed by atoms with E-state index in [1.54, 1.807) is 0 Å². The number of halogens is 3. The maximum atomic E-state index is 12.2. The van der Waals surface area contributed by atoms with Crippen molar-refractivity contribution in [1.29, 1.82) is 0 Å². The van der Waals surface area contributed by atoms with Gasteiger partial charge in [0.1, 0.15) is 0 Å². The summed E-state index contributed by atoms with van der Waals surface area (Å²) in [6.45, 7) is 2.32. The molecule has 0 aliphatic heterocycles. The van der Waals surface area contributed by atoms with Crippen LogP contribution in [0.25, 0.3) is 10.9 Å². The Morgan fingerprint density at radius 3 is 2.65 bits per heavy atom. The molecule has 1 heterocycles. The molecule has 2 aromatic rings. The Balaban J connectivity index is 2.13. The highest BCUT2D eigenvalue weighted by atomic mass is 19.4. The van der Waals surface area contributed by atoms with Crippen LogP contribution in [0.2, 0.25) is 0 Å². The van der Waals surface area contributed by atoms with Crippen molar-refractivity contribution in [1.82, 2.24) is 4.57 Å². The Hall–Kier alpha value is -1.49. The van der Waals surface area contributed by atoms with E-state index in [0.29, 0.717) is 6.54 Å². The van der Waals surface area contributed by atoms with Crippen LogP contribution in [0.1, 0.15) is 25.3 Å². The third kappa shape index (κ3) is 4.00. The van der Waals surface area contributed by atoms with Crippen LogP contribution in [0, 0.1) is 0 Å². The zero-order valence-corrected chi connectivity index (χ0v) is 11.5. The second kappa shape index (κ2) is 5.87. The standard InChI is InChI=1S/C15H19F3N2/c1-11(19)9-12-3-4-13-5-8-20(14(13)10-12)7-2-6-15(16,17)18/h3-5,8,10-11H,2,6-7,9,19H2,1H3. The first kappa shape index (κ1) is 14.9. The number of hydrogen-bond acceptors (Lipinski definition) is 1. The number of benzene rings is 1. The number of fused-ring (bicyclic) bond motifs is 1. The van der Waals surface area contributed by atoms with Gasteiger partial charge in [-0.1, -0.05) is 12.1 Å². The lowest BCUT2D eigenvalue weighted by Crippen LogP contribution is -2.17. The molecule has 1 aromatic carbocycles. The van der Waals surface area contributed by atoms with Gasteiger partial charge in [-0.2, -0.15) is 13.2 Å². The molecule has 0 fully saturated rings. The van der Waals surface area contributed by atoms with Crippen molar-refractivity contribution >= 4 is 10.9 Å². The maximum absolute atomic E-state index is 12.2. The first-order valence-corrected chi connectivity index (χ1v) is 6.75. The number of alkyl halides is 3. The molecular formula is C15H19F3N2. The molecule has 2 nitrogen and oxygen atoms in total. The summed E-state index contributed by atoms with van der Waals surface area (Å²) in [5.74, 6) is 0. The van der Waals surface area contributed by atoms with Crippen LogP contribution < -0.4 is 5.73 Å². The van der Waals surface area contributed by atoms with Gasteiger partial charge in [0.2, 0.25) is 0 Å². The van der Waals surface area contributed by atoms with E-state index < -0.39 is 12.6 Å². The van der Waals surface area contributed by atoms with E-state index in [0.717, 1.165) is 22.9 Å². The molecule has 0 radical (unpaired) electrons. The second-order valence-corrected chi connectivity index (χ2v) is 5.30. The topological polar surface area (TPSA) is 30.9 Å². The van der Waals surface area contributed by atoms with Crippen LogP contribution in [-0.2, 0) is 13.0 Å². The molecule has 0 spiro atoms. The highest BCUT2D eigenvalue weighted by molar-refractivity contribution is 5.80. The summed E-state index contributed by atoms with van der Waals surface area (Å²) in [6.07, 6.45) is -2.11. The van der Waals surface area contributed by atoms with Crippen LogP contribution in [0.4, 0.5) is 13.2 Å². The minimum Gasteiger partial charge on any atom is -0.347 e. The molecule has 2 rings (SSSR count). The normalized spacial score (nSPS) is 13.8. The number of nitrogens with two attached hydrogens (primary N) is 1. The van der Waals surface area contributed by atoms with Crippen molar-refractivity contribution in [2.24, 2.45) is 5.73 Å². The molecule has 0 bridgehead atoms. The van der Waals surface area contributed by atoms with E-state index in [1.807, 2.05) is 42.0 Å². The van der Waals surface area contributed by atoms with Crippen LogP contribution >= 0.6 is 0 Å². The number of aromatic nitrogens is 1. The van der Waals surface area contributed by atoms with Crippen molar-refractivity contribution in [3.8, 4) is 0 Å². The van der Waals surface area contributed by atoms with Gasteiger partial charge in [-0.15, -0.1) is 0 Å². The third-order valence-electron chi connectivity index (χ3n) is 3.26. The molecule has 1 aromatic heterocycles. The summed E-state index contributed by atoms with van der Waals surface area (Å²) >= 11 is 0. The predicted molar refractivity (Wildman–Crippen MR) is 74.6 cm³/mol. The largest absolute Gasteiger partial charge is 0.389 e. The summed E-state index contributed by atoms with van der Waals surface area (Å²) in [5.41, 5.74) is 7.87. The minimum absolute atomic E-state index is 0.0705. The van der Waals surface area contributed by atoms with E-state index in [2.05, 4.69) is 0 Å². The van der Waals surface area contributed by atoms with Gasteiger partial charge in [0, 0.05) is 30.7 Å². The minimum atomic E-state index is -4.08. The van der Waals surface area contributed by atoms with Gasteiger partial charge in [-0.3, -0.25) is 0 Å². The van der Waals surface area contributed by atoms with E-state index >= 15 is 0 Å². The first-order valence-electron chi connectivity index (χ1n) is 6.75. The zero-order valence-electron chi connectivity index (χ0n) is 11.5. The van der Waals surface area contributed by atoms with E-state index in [1.165, 1.54) is 0 Å². The SMILES string of the molecule is CC(N)Cc1ccc2ccn(CCCC(F)(F)F)c2c1. The monoisotopic (exact) mass is 284 g/mol. The lowest BCUT2D eigenvalue weighted by atomic mass is 10.1. The van der Waals surface area contributed by atoms with Gasteiger partial charge in [0.25, 0.3) is 0 Å². The van der Waals surface area contributed by atoms with Crippen LogP contribution in [-0.4, -0.2) is 16.8 Å². The fourth-order valence-electron chi connectivity index (χ4n) is 2.37. The van der Waals surface area contributed by atoms with Gasteiger partial charge in [-0.05, 0) is 42.8 Å². The molecule has 1 atom stereocenters. The van der Waals surface area contributed by atoms with Crippen molar-refractivity contribution in [3.63, 3.8) is 0 Å². The highest BCUT2D eigenvalue weighted by Gasteiger charge is 2.26. The average Bonchev–Trinajstić information content (AvgIpc) is 2.70. The number of rotatable bonds is 5. The number of aryl methyl sites for hydroxylation is 1. The first-order chi connectivity index (χ1) is 9.35. The third-order valence-corrected chi connectivity index (χ3v) is 3.26. The summed E-state index contributed by atoms with van der Waals surface area (Å²) in [7, 11) is 0. The van der Waals surface area contributed by atoms with E-state index in [4.69, 9.17) is 5.73 Å². The highest BCUT2D eigenvalue weighted by Crippen LogP contribution is 2.23. The Labute approximate surface area is 116 Å². The fourth-order valence-corrected chi connectivity index (χ4v) is 2.37. The summed E-state index contributed by atoms with van der Waals surface area (Å²) in [5, 5.41) is 1.05. The molecule has 0 saturated heterocycles. The Morgan fingerprint density at radius 1 is 1.25 bits per heavy atom. The predicted octanol–water partition coefficient (Wildman–Crippen LogP) is 3.87. The lowest BCUT2D eigenvalue weighted by molar-refractivity contribution is -0.135.